The molecular formula is C16H13ClFN3O3. The number of rotatable bonds is 4. The molecule has 0 saturated carbocycles. The third-order valence-corrected chi connectivity index (χ3v) is 4.06. The second-order valence-corrected chi connectivity index (χ2v) is 5.78. The van der Waals surface area contributed by atoms with E-state index < -0.39 is 22.5 Å². The number of para-hydroxylation sites is 1. The summed E-state index contributed by atoms with van der Waals surface area (Å²) < 4.78 is 13.7. The molecule has 2 aromatic rings. The third-order valence-electron chi connectivity index (χ3n) is 3.82. The summed E-state index contributed by atoms with van der Waals surface area (Å²) in [6.45, 7) is 0.444. The maximum Gasteiger partial charge on any atom is 0.327 e. The lowest BCUT2D eigenvalue weighted by Gasteiger charge is -2.18. The first-order valence-electron chi connectivity index (χ1n) is 7.24. The van der Waals surface area contributed by atoms with Crippen LogP contribution in [0, 0.1) is 15.9 Å². The van der Waals surface area contributed by atoms with Gasteiger partial charge < -0.3 is 10.2 Å². The Morgan fingerprint density at radius 1 is 1.29 bits per heavy atom. The van der Waals surface area contributed by atoms with Crippen LogP contribution in [0.1, 0.15) is 6.42 Å². The van der Waals surface area contributed by atoms with Crippen LogP contribution >= 0.6 is 11.6 Å². The van der Waals surface area contributed by atoms with E-state index in [1.807, 2.05) is 0 Å². The number of amides is 1. The third kappa shape index (κ3) is 3.03. The molecule has 1 N–H and O–H groups in total. The quantitative estimate of drug-likeness (QED) is 0.676. The molecule has 24 heavy (non-hydrogen) atoms. The lowest BCUT2D eigenvalue weighted by Crippen LogP contribution is -2.33. The average molecular weight is 350 g/mol. The number of hydrogen-bond acceptors (Lipinski definition) is 4. The van der Waals surface area contributed by atoms with Gasteiger partial charge in [0.25, 0.3) is 0 Å². The minimum atomic E-state index is -0.942. The molecule has 0 spiro atoms. The second kappa shape index (κ2) is 6.45. The van der Waals surface area contributed by atoms with Gasteiger partial charge in [0.2, 0.25) is 11.7 Å². The number of nitro benzene ring substituents is 1. The van der Waals surface area contributed by atoms with Crippen LogP contribution in [0.3, 0.4) is 0 Å². The number of hydrogen-bond donors (Lipinski definition) is 1. The van der Waals surface area contributed by atoms with Crippen molar-refractivity contribution in [1.82, 2.24) is 0 Å². The number of anilines is 2. The van der Waals surface area contributed by atoms with E-state index in [-0.39, 0.29) is 11.6 Å². The van der Waals surface area contributed by atoms with Gasteiger partial charge in [0.15, 0.2) is 0 Å². The lowest BCUT2D eigenvalue weighted by atomic mass is 10.2. The van der Waals surface area contributed by atoms with Crippen LogP contribution in [0.25, 0.3) is 0 Å². The molecule has 1 fully saturated rings. The Labute approximate surface area is 142 Å². The van der Waals surface area contributed by atoms with E-state index in [4.69, 9.17) is 11.6 Å². The Balaban J connectivity index is 1.82. The Bertz CT molecular complexity index is 815. The van der Waals surface area contributed by atoms with Gasteiger partial charge in [0.1, 0.15) is 11.7 Å². The van der Waals surface area contributed by atoms with Gasteiger partial charge in [-0.15, -0.1) is 0 Å². The number of nitrogens with zero attached hydrogens (tertiary/aromatic N) is 2. The first-order chi connectivity index (χ1) is 11.5. The van der Waals surface area contributed by atoms with E-state index in [0.29, 0.717) is 23.7 Å². The zero-order valence-electron chi connectivity index (χ0n) is 12.4. The molecule has 124 valence electrons. The zero-order chi connectivity index (χ0) is 17.3. The topological polar surface area (TPSA) is 75.5 Å². The molecule has 8 heteroatoms. The van der Waals surface area contributed by atoms with Crippen molar-refractivity contribution >= 4 is 34.6 Å². The Morgan fingerprint density at radius 3 is 2.75 bits per heavy atom. The molecule has 1 heterocycles. The van der Waals surface area contributed by atoms with Crippen LogP contribution in [0.15, 0.2) is 42.5 Å². The molecule has 1 atom stereocenters. The summed E-state index contributed by atoms with van der Waals surface area (Å²) in [5, 5.41) is 14.3. The number of nitrogens with one attached hydrogen (secondary N) is 1. The minimum Gasteiger partial charge on any atom is -0.368 e. The van der Waals surface area contributed by atoms with Crippen molar-refractivity contribution in [1.29, 1.82) is 0 Å². The van der Waals surface area contributed by atoms with Crippen LogP contribution in [-0.2, 0) is 4.79 Å². The van der Waals surface area contributed by atoms with Crippen molar-refractivity contribution in [3.63, 3.8) is 0 Å². The molecule has 1 aliphatic heterocycles. The van der Waals surface area contributed by atoms with Gasteiger partial charge in [-0.25, -0.2) is 0 Å². The van der Waals surface area contributed by atoms with Crippen molar-refractivity contribution in [2.24, 2.45) is 0 Å². The number of nitro groups is 1. The maximum atomic E-state index is 13.7. The maximum absolute atomic E-state index is 13.7. The van der Waals surface area contributed by atoms with Gasteiger partial charge in [-0.1, -0.05) is 23.7 Å². The highest BCUT2D eigenvalue weighted by Gasteiger charge is 2.34. The summed E-state index contributed by atoms with van der Waals surface area (Å²) in [4.78, 5) is 24.3. The fraction of sp³-hybridized carbons (Fsp3) is 0.188. The van der Waals surface area contributed by atoms with Crippen molar-refractivity contribution in [2.75, 3.05) is 16.8 Å². The molecule has 0 bridgehead atoms. The Morgan fingerprint density at radius 2 is 2.04 bits per heavy atom. The fourth-order valence-corrected chi connectivity index (χ4v) is 2.90. The Hall–Kier alpha value is -2.67. The van der Waals surface area contributed by atoms with Crippen LogP contribution in [0.4, 0.5) is 21.5 Å². The lowest BCUT2D eigenvalue weighted by molar-refractivity contribution is -0.386. The molecular weight excluding hydrogens is 337 g/mol. The molecule has 2 aromatic carbocycles. The van der Waals surface area contributed by atoms with Gasteiger partial charge in [-0.3, -0.25) is 14.9 Å². The molecule has 3 rings (SSSR count). The van der Waals surface area contributed by atoms with Crippen molar-refractivity contribution in [3.8, 4) is 0 Å². The molecule has 1 unspecified atom stereocenters. The standard InChI is InChI=1S/C16H13ClFN3O3/c17-10-3-1-4-11(9-10)20-8-7-14(16(20)22)19-13-6-2-5-12(18)15(13)21(23)24/h1-6,9,14,19H,7-8H2. The number of benzene rings is 2. The van der Waals surface area contributed by atoms with Gasteiger partial charge in [-0.2, -0.15) is 4.39 Å². The minimum absolute atomic E-state index is 0.00806. The molecule has 1 saturated heterocycles. The number of carbonyl (C=O) groups is 1. The SMILES string of the molecule is O=C1C(Nc2cccc(F)c2[N+](=O)[O-])CCN1c1cccc(Cl)c1. The van der Waals surface area contributed by atoms with E-state index >= 15 is 0 Å². The summed E-state index contributed by atoms with van der Waals surface area (Å²) in [6.07, 6.45) is 0.443. The zero-order valence-corrected chi connectivity index (χ0v) is 13.2. The smallest absolute Gasteiger partial charge is 0.327 e. The normalized spacial score (nSPS) is 17.2. The number of carbonyl (C=O) groups excluding carboxylic acids is 1. The highest BCUT2D eigenvalue weighted by molar-refractivity contribution is 6.31. The van der Waals surface area contributed by atoms with Crippen LogP contribution < -0.4 is 10.2 Å². The van der Waals surface area contributed by atoms with E-state index in [0.717, 1.165) is 6.07 Å². The summed E-state index contributed by atoms with van der Waals surface area (Å²) >= 11 is 5.94. The van der Waals surface area contributed by atoms with Crippen LogP contribution in [-0.4, -0.2) is 23.4 Å². The van der Waals surface area contributed by atoms with E-state index in [9.17, 15) is 19.3 Å². The molecule has 1 amide bonds. The Kier molecular flexibility index (Phi) is 4.35. The highest BCUT2D eigenvalue weighted by Crippen LogP contribution is 2.31. The second-order valence-electron chi connectivity index (χ2n) is 5.35. The molecule has 0 radical (unpaired) electrons. The summed E-state index contributed by atoms with van der Waals surface area (Å²) in [6, 6.07) is 9.97. The van der Waals surface area contributed by atoms with E-state index in [1.54, 1.807) is 29.2 Å². The van der Waals surface area contributed by atoms with Crippen LogP contribution in [0.2, 0.25) is 5.02 Å². The molecule has 0 aromatic heterocycles. The predicted octanol–water partition coefficient (Wildman–Crippen LogP) is 3.60. The summed E-state index contributed by atoms with van der Waals surface area (Å²) in [5.74, 6) is -1.18. The van der Waals surface area contributed by atoms with Gasteiger partial charge >= 0.3 is 5.69 Å². The fourth-order valence-electron chi connectivity index (χ4n) is 2.72. The monoisotopic (exact) mass is 349 g/mol. The largest absolute Gasteiger partial charge is 0.368 e. The molecule has 0 aliphatic carbocycles. The van der Waals surface area contributed by atoms with Gasteiger partial charge in [-0.05, 0) is 36.8 Å². The van der Waals surface area contributed by atoms with Crippen molar-refractivity contribution in [2.45, 2.75) is 12.5 Å². The summed E-state index contributed by atoms with van der Waals surface area (Å²) in [7, 11) is 0. The predicted molar refractivity (Wildman–Crippen MR) is 88.9 cm³/mol. The van der Waals surface area contributed by atoms with Crippen molar-refractivity contribution in [3.05, 3.63) is 63.4 Å². The van der Waals surface area contributed by atoms with Crippen molar-refractivity contribution < 1.29 is 14.1 Å². The van der Waals surface area contributed by atoms with Crippen LogP contribution in [0.5, 0.6) is 0 Å². The van der Waals surface area contributed by atoms with E-state index in [2.05, 4.69) is 5.32 Å². The van der Waals surface area contributed by atoms with E-state index in [1.165, 1.54) is 12.1 Å². The first-order valence-corrected chi connectivity index (χ1v) is 7.61. The first kappa shape index (κ1) is 16.2. The molecule has 6 nitrogen and oxygen atoms in total. The van der Waals surface area contributed by atoms with Gasteiger partial charge in [0, 0.05) is 17.3 Å². The highest BCUT2D eigenvalue weighted by atomic mass is 35.5. The van der Waals surface area contributed by atoms with Gasteiger partial charge in [0.05, 0.1) is 4.92 Å². The average Bonchev–Trinajstić information content (AvgIpc) is 2.88. The molecule has 1 aliphatic rings. The summed E-state index contributed by atoms with van der Waals surface area (Å²) in [5.41, 5.74) is -0.0108. The number of halogens is 2.